The standard InChI is InChI=1S/C21H28N2O2S/c1-17-6-9-20(10-7-17)22-12-14-23(15-13-22)26(24,25)21-11-8-18-4-2-3-5-19(18)16-21/h2-5,8,11,16-17,20H,6-7,9-10,12-15H2,1H3/p+1. The van der Waals surface area contributed by atoms with E-state index >= 15 is 0 Å². The number of quaternary nitrogens is 1. The number of nitrogens with one attached hydrogen (secondary N) is 1. The molecular weight excluding hydrogens is 344 g/mol. The van der Waals surface area contributed by atoms with Gasteiger partial charge in [0.05, 0.1) is 37.1 Å². The second kappa shape index (κ2) is 7.29. The molecule has 2 aliphatic rings. The van der Waals surface area contributed by atoms with E-state index in [1.807, 2.05) is 36.4 Å². The Bertz CT molecular complexity index is 864. The van der Waals surface area contributed by atoms with Gasteiger partial charge in [-0.3, -0.25) is 0 Å². The molecule has 5 heteroatoms. The first-order valence-electron chi connectivity index (χ1n) is 9.87. The van der Waals surface area contributed by atoms with Crippen LogP contribution in [0.25, 0.3) is 10.8 Å². The van der Waals surface area contributed by atoms with Gasteiger partial charge in [-0.15, -0.1) is 0 Å². The zero-order valence-electron chi connectivity index (χ0n) is 15.5. The third kappa shape index (κ3) is 3.53. The Balaban J connectivity index is 1.45. The van der Waals surface area contributed by atoms with Gasteiger partial charge < -0.3 is 4.90 Å². The zero-order valence-corrected chi connectivity index (χ0v) is 16.3. The summed E-state index contributed by atoms with van der Waals surface area (Å²) in [6, 6.07) is 14.1. The topological polar surface area (TPSA) is 41.8 Å². The van der Waals surface area contributed by atoms with Crippen molar-refractivity contribution in [2.24, 2.45) is 5.92 Å². The Labute approximate surface area is 156 Å². The van der Waals surface area contributed by atoms with E-state index in [0.29, 0.717) is 18.0 Å². The van der Waals surface area contributed by atoms with Gasteiger partial charge in [-0.25, -0.2) is 8.42 Å². The molecule has 2 fully saturated rings. The van der Waals surface area contributed by atoms with E-state index in [1.54, 1.807) is 15.3 Å². The van der Waals surface area contributed by atoms with Gasteiger partial charge in [0, 0.05) is 0 Å². The molecular formula is C21H29N2O2S+. The van der Waals surface area contributed by atoms with Gasteiger partial charge in [0.15, 0.2) is 0 Å². The van der Waals surface area contributed by atoms with E-state index in [-0.39, 0.29) is 0 Å². The van der Waals surface area contributed by atoms with Crippen LogP contribution in [0.15, 0.2) is 47.4 Å². The fourth-order valence-electron chi connectivity index (χ4n) is 4.57. The molecule has 0 spiro atoms. The zero-order chi connectivity index (χ0) is 18.1. The highest BCUT2D eigenvalue weighted by Crippen LogP contribution is 2.24. The molecule has 0 bridgehead atoms. The molecule has 2 aromatic rings. The number of fused-ring (bicyclic) bond motifs is 1. The molecule has 0 amide bonds. The second-order valence-electron chi connectivity index (χ2n) is 8.03. The summed E-state index contributed by atoms with van der Waals surface area (Å²) in [6.45, 7) is 5.49. The maximum Gasteiger partial charge on any atom is 0.243 e. The summed E-state index contributed by atoms with van der Waals surface area (Å²) in [5, 5.41) is 2.06. The lowest BCUT2D eigenvalue weighted by molar-refractivity contribution is -0.930. The number of rotatable bonds is 3. The van der Waals surface area contributed by atoms with Gasteiger partial charge in [-0.2, -0.15) is 4.31 Å². The van der Waals surface area contributed by atoms with Crippen LogP contribution in [0.1, 0.15) is 32.6 Å². The number of piperazine rings is 1. The summed E-state index contributed by atoms with van der Waals surface area (Å²) in [5.41, 5.74) is 0. The van der Waals surface area contributed by atoms with E-state index in [4.69, 9.17) is 0 Å². The fraction of sp³-hybridized carbons (Fsp3) is 0.524. The summed E-state index contributed by atoms with van der Waals surface area (Å²) >= 11 is 0. The van der Waals surface area contributed by atoms with Crippen LogP contribution in [0, 0.1) is 5.92 Å². The molecule has 1 saturated heterocycles. The van der Waals surface area contributed by atoms with Crippen molar-refractivity contribution in [1.29, 1.82) is 0 Å². The Morgan fingerprint density at radius 2 is 1.58 bits per heavy atom. The largest absolute Gasteiger partial charge is 0.330 e. The molecule has 0 unspecified atom stereocenters. The average molecular weight is 374 g/mol. The monoisotopic (exact) mass is 373 g/mol. The number of nitrogens with zero attached hydrogens (tertiary/aromatic N) is 1. The minimum Gasteiger partial charge on any atom is -0.330 e. The van der Waals surface area contributed by atoms with Gasteiger partial charge in [-0.1, -0.05) is 37.3 Å². The number of hydrogen-bond acceptors (Lipinski definition) is 2. The molecule has 1 saturated carbocycles. The maximum absolute atomic E-state index is 13.1. The second-order valence-corrected chi connectivity index (χ2v) is 9.97. The van der Waals surface area contributed by atoms with Crippen LogP contribution in [0.3, 0.4) is 0 Å². The summed E-state index contributed by atoms with van der Waals surface area (Å²) in [6.07, 6.45) is 5.25. The number of benzene rings is 2. The highest BCUT2D eigenvalue weighted by molar-refractivity contribution is 7.89. The maximum atomic E-state index is 13.1. The van der Waals surface area contributed by atoms with E-state index in [9.17, 15) is 8.42 Å². The lowest BCUT2D eigenvalue weighted by atomic mass is 9.86. The van der Waals surface area contributed by atoms with Crippen LogP contribution in [0.5, 0.6) is 0 Å². The Kier molecular flexibility index (Phi) is 5.04. The van der Waals surface area contributed by atoms with E-state index in [1.165, 1.54) is 25.7 Å². The molecule has 2 aromatic carbocycles. The van der Waals surface area contributed by atoms with Gasteiger partial charge in [0.2, 0.25) is 10.0 Å². The molecule has 1 N–H and O–H groups in total. The molecule has 0 atom stereocenters. The van der Waals surface area contributed by atoms with Crippen molar-refractivity contribution in [3.05, 3.63) is 42.5 Å². The van der Waals surface area contributed by atoms with Crippen molar-refractivity contribution in [2.45, 2.75) is 43.5 Å². The molecule has 1 aliphatic carbocycles. The summed E-state index contributed by atoms with van der Waals surface area (Å²) in [5.74, 6) is 0.861. The third-order valence-electron chi connectivity index (χ3n) is 6.32. The van der Waals surface area contributed by atoms with Gasteiger partial charge in [0.25, 0.3) is 0 Å². The predicted molar refractivity (Wildman–Crippen MR) is 105 cm³/mol. The summed E-state index contributed by atoms with van der Waals surface area (Å²) < 4.78 is 27.8. The third-order valence-corrected chi connectivity index (χ3v) is 8.21. The van der Waals surface area contributed by atoms with Crippen LogP contribution in [-0.4, -0.2) is 44.9 Å². The Morgan fingerprint density at radius 1 is 0.923 bits per heavy atom. The molecule has 140 valence electrons. The van der Waals surface area contributed by atoms with Crippen LogP contribution in [0.2, 0.25) is 0 Å². The van der Waals surface area contributed by atoms with Crippen LogP contribution < -0.4 is 4.90 Å². The van der Waals surface area contributed by atoms with Gasteiger partial charge in [-0.05, 0) is 54.5 Å². The normalized spacial score (nSPS) is 26.2. The first kappa shape index (κ1) is 18.0. The smallest absolute Gasteiger partial charge is 0.243 e. The number of sulfonamides is 1. The van der Waals surface area contributed by atoms with Crippen LogP contribution in [-0.2, 0) is 10.0 Å². The average Bonchev–Trinajstić information content (AvgIpc) is 2.68. The van der Waals surface area contributed by atoms with Crippen LogP contribution in [0.4, 0.5) is 0 Å². The Hall–Kier alpha value is -1.43. The van der Waals surface area contributed by atoms with Crippen molar-refractivity contribution >= 4 is 20.8 Å². The number of hydrogen-bond donors (Lipinski definition) is 1. The van der Waals surface area contributed by atoms with Gasteiger partial charge in [0.1, 0.15) is 0 Å². The van der Waals surface area contributed by atoms with Crippen LogP contribution >= 0.6 is 0 Å². The minimum atomic E-state index is -3.40. The lowest BCUT2D eigenvalue weighted by Crippen LogP contribution is -3.18. The molecule has 1 heterocycles. The minimum absolute atomic E-state index is 0.422. The van der Waals surface area contributed by atoms with Crippen molar-refractivity contribution < 1.29 is 13.3 Å². The van der Waals surface area contributed by atoms with Crippen molar-refractivity contribution in [1.82, 2.24) is 4.31 Å². The molecule has 1 aliphatic heterocycles. The highest BCUT2D eigenvalue weighted by Gasteiger charge is 2.34. The van der Waals surface area contributed by atoms with E-state index in [0.717, 1.165) is 35.8 Å². The molecule has 4 nitrogen and oxygen atoms in total. The first-order valence-corrected chi connectivity index (χ1v) is 11.3. The van der Waals surface area contributed by atoms with E-state index in [2.05, 4.69) is 6.92 Å². The van der Waals surface area contributed by atoms with Crippen molar-refractivity contribution in [3.8, 4) is 0 Å². The Morgan fingerprint density at radius 3 is 2.27 bits per heavy atom. The van der Waals surface area contributed by atoms with E-state index < -0.39 is 10.0 Å². The first-order chi connectivity index (χ1) is 12.5. The predicted octanol–water partition coefficient (Wildman–Crippen LogP) is 2.31. The molecule has 4 rings (SSSR count). The molecule has 0 radical (unpaired) electrons. The molecule has 26 heavy (non-hydrogen) atoms. The lowest BCUT2D eigenvalue weighted by Gasteiger charge is -2.38. The van der Waals surface area contributed by atoms with Crippen molar-refractivity contribution in [2.75, 3.05) is 26.2 Å². The summed E-state index contributed by atoms with van der Waals surface area (Å²) in [4.78, 5) is 2.04. The SMILES string of the molecule is CC1CCC([NH+]2CCN(S(=O)(=O)c3ccc4ccccc4c3)CC2)CC1. The highest BCUT2D eigenvalue weighted by atomic mass is 32.2. The summed E-state index contributed by atoms with van der Waals surface area (Å²) in [7, 11) is -3.40. The quantitative estimate of drug-likeness (QED) is 0.897. The fourth-order valence-corrected chi connectivity index (χ4v) is 6.04. The van der Waals surface area contributed by atoms with Crippen molar-refractivity contribution in [3.63, 3.8) is 0 Å². The van der Waals surface area contributed by atoms with Gasteiger partial charge >= 0.3 is 0 Å². The molecule has 0 aromatic heterocycles.